The van der Waals surface area contributed by atoms with Crippen molar-refractivity contribution in [1.82, 2.24) is 14.9 Å². The van der Waals surface area contributed by atoms with E-state index in [0.717, 1.165) is 44.1 Å². The number of carbonyl (C=O) groups excluding carboxylic acids is 1. The summed E-state index contributed by atoms with van der Waals surface area (Å²) in [6.45, 7) is 2.54. The molecule has 6 nitrogen and oxygen atoms in total. The molecule has 3 N–H and O–H groups in total. The number of piperidine rings is 1. The lowest BCUT2D eigenvalue weighted by Crippen LogP contribution is -2.51. The molecule has 2 amide bonds. The highest BCUT2D eigenvalue weighted by Crippen LogP contribution is 2.25. The van der Waals surface area contributed by atoms with Crippen LogP contribution in [0.25, 0.3) is 0 Å². The van der Waals surface area contributed by atoms with Crippen LogP contribution in [0.2, 0.25) is 0 Å². The van der Waals surface area contributed by atoms with Crippen LogP contribution >= 0.6 is 0 Å². The van der Waals surface area contributed by atoms with Crippen molar-refractivity contribution < 1.29 is 4.79 Å². The Morgan fingerprint density at radius 3 is 2.50 bits per heavy atom. The van der Waals surface area contributed by atoms with Gasteiger partial charge in [0.15, 0.2) is 0 Å². The maximum absolute atomic E-state index is 12.3. The number of hydrogen-bond acceptors (Lipinski definition) is 4. The van der Waals surface area contributed by atoms with E-state index in [9.17, 15) is 4.79 Å². The second kappa shape index (κ2) is 8.44. The van der Waals surface area contributed by atoms with Crippen molar-refractivity contribution in [3.63, 3.8) is 0 Å². The molecular weight excluding hydrogens is 302 g/mol. The quantitative estimate of drug-likeness (QED) is 0.657. The molecule has 6 heteroatoms. The number of rotatable bonds is 4. The number of anilines is 1. The van der Waals surface area contributed by atoms with Gasteiger partial charge in [0.1, 0.15) is 0 Å². The molecule has 1 aliphatic carbocycles. The van der Waals surface area contributed by atoms with Gasteiger partial charge in [-0.2, -0.15) is 0 Å². The average molecular weight is 331 g/mol. The molecule has 1 aliphatic heterocycles. The summed E-state index contributed by atoms with van der Waals surface area (Å²) < 4.78 is 0. The van der Waals surface area contributed by atoms with E-state index in [-0.39, 0.29) is 6.03 Å². The van der Waals surface area contributed by atoms with Gasteiger partial charge in [0, 0.05) is 43.8 Å². The van der Waals surface area contributed by atoms with E-state index in [1.54, 1.807) is 24.5 Å². The van der Waals surface area contributed by atoms with Crippen molar-refractivity contribution in [3.05, 3.63) is 24.5 Å². The molecule has 24 heavy (non-hydrogen) atoms. The van der Waals surface area contributed by atoms with Crippen LogP contribution in [0, 0.1) is 5.92 Å². The molecule has 2 aliphatic rings. The van der Waals surface area contributed by atoms with E-state index in [2.05, 4.69) is 10.3 Å². The Kier molecular flexibility index (Phi) is 6.04. The lowest BCUT2D eigenvalue weighted by molar-refractivity contribution is 0.0990. The molecule has 1 saturated carbocycles. The van der Waals surface area contributed by atoms with Crippen molar-refractivity contribution in [1.29, 1.82) is 0 Å². The van der Waals surface area contributed by atoms with E-state index >= 15 is 0 Å². The average Bonchev–Trinajstić information content (AvgIpc) is 2.63. The predicted octanol–water partition coefficient (Wildman–Crippen LogP) is 2.83. The van der Waals surface area contributed by atoms with Crippen LogP contribution < -0.4 is 11.2 Å². The summed E-state index contributed by atoms with van der Waals surface area (Å²) in [6, 6.07) is 3.97. The van der Waals surface area contributed by atoms with Gasteiger partial charge in [0.25, 0.3) is 0 Å². The molecule has 3 rings (SSSR count). The highest BCUT2D eigenvalue weighted by molar-refractivity contribution is 5.89. The van der Waals surface area contributed by atoms with E-state index in [0.29, 0.717) is 6.04 Å². The summed E-state index contributed by atoms with van der Waals surface area (Å²) in [5.74, 6) is 7.09. The number of urea groups is 1. The summed E-state index contributed by atoms with van der Waals surface area (Å²) in [4.78, 5) is 18.1. The van der Waals surface area contributed by atoms with Gasteiger partial charge in [-0.05, 0) is 43.7 Å². The van der Waals surface area contributed by atoms with Crippen LogP contribution in [0.3, 0.4) is 0 Å². The summed E-state index contributed by atoms with van der Waals surface area (Å²) in [5, 5.41) is 4.97. The fourth-order valence-corrected chi connectivity index (χ4v) is 3.86. The Balaban J connectivity index is 1.42. The maximum Gasteiger partial charge on any atom is 0.321 e. The second-order valence-electron chi connectivity index (χ2n) is 7.09. The van der Waals surface area contributed by atoms with Crippen molar-refractivity contribution >= 4 is 11.7 Å². The zero-order valence-corrected chi connectivity index (χ0v) is 14.4. The topological polar surface area (TPSA) is 74.5 Å². The molecule has 1 aromatic heterocycles. The monoisotopic (exact) mass is 331 g/mol. The normalized spacial score (nSPS) is 20.3. The Morgan fingerprint density at radius 1 is 1.17 bits per heavy atom. The van der Waals surface area contributed by atoms with Crippen molar-refractivity contribution in [2.75, 3.05) is 25.0 Å². The Morgan fingerprint density at radius 2 is 1.83 bits per heavy atom. The first-order valence-electron chi connectivity index (χ1n) is 9.19. The van der Waals surface area contributed by atoms with Crippen molar-refractivity contribution in [2.45, 2.75) is 51.0 Å². The zero-order chi connectivity index (χ0) is 16.8. The molecule has 2 fully saturated rings. The smallest absolute Gasteiger partial charge is 0.321 e. The van der Waals surface area contributed by atoms with E-state index in [1.807, 2.05) is 9.91 Å². The van der Waals surface area contributed by atoms with Gasteiger partial charge in [-0.25, -0.2) is 9.80 Å². The number of nitrogens with two attached hydrogens (primary N) is 1. The molecule has 0 atom stereocenters. The first-order valence-corrected chi connectivity index (χ1v) is 9.19. The number of nitrogens with zero attached hydrogens (tertiary/aromatic N) is 3. The third-order valence-corrected chi connectivity index (χ3v) is 5.35. The van der Waals surface area contributed by atoms with Crippen LogP contribution in [0.4, 0.5) is 10.5 Å². The largest absolute Gasteiger partial charge is 0.324 e. The second-order valence-corrected chi connectivity index (χ2v) is 7.09. The lowest BCUT2D eigenvalue weighted by Gasteiger charge is -2.38. The molecule has 2 heterocycles. The number of hydrogen-bond donors (Lipinski definition) is 2. The van der Waals surface area contributed by atoms with Gasteiger partial charge in [-0.15, -0.1) is 0 Å². The van der Waals surface area contributed by atoms with E-state index < -0.39 is 0 Å². The number of aromatic nitrogens is 1. The number of likely N-dealkylation sites (tertiary alicyclic amines) is 1. The van der Waals surface area contributed by atoms with Gasteiger partial charge in [0.05, 0.1) is 0 Å². The molecule has 0 unspecified atom stereocenters. The van der Waals surface area contributed by atoms with E-state index in [1.165, 1.54) is 32.1 Å². The molecule has 1 saturated heterocycles. The minimum Gasteiger partial charge on any atom is -0.324 e. The van der Waals surface area contributed by atoms with Crippen LogP contribution in [0.1, 0.15) is 44.9 Å². The highest BCUT2D eigenvalue weighted by atomic mass is 16.2. The summed E-state index contributed by atoms with van der Waals surface area (Å²) in [5.41, 5.74) is 0.787. The summed E-state index contributed by atoms with van der Waals surface area (Å²) >= 11 is 0. The number of carbonyl (C=O) groups is 1. The van der Waals surface area contributed by atoms with Crippen molar-refractivity contribution in [2.24, 2.45) is 11.8 Å². The molecular formula is C18H29N5O. The Bertz CT molecular complexity index is 509. The molecule has 132 valence electrons. The van der Waals surface area contributed by atoms with E-state index in [4.69, 9.17) is 5.84 Å². The molecule has 0 bridgehead atoms. The summed E-state index contributed by atoms with van der Waals surface area (Å²) in [7, 11) is 0. The summed E-state index contributed by atoms with van der Waals surface area (Å²) in [6.07, 6.45) is 12.0. The van der Waals surface area contributed by atoms with Crippen LogP contribution in [0.15, 0.2) is 24.5 Å². The first-order chi connectivity index (χ1) is 11.7. The van der Waals surface area contributed by atoms with Crippen molar-refractivity contribution in [3.8, 4) is 0 Å². The maximum atomic E-state index is 12.3. The van der Waals surface area contributed by atoms with Gasteiger partial charge in [0.2, 0.25) is 0 Å². The molecule has 0 radical (unpaired) electrons. The first kappa shape index (κ1) is 17.2. The van der Waals surface area contributed by atoms with Gasteiger partial charge in [-0.1, -0.05) is 19.3 Å². The van der Waals surface area contributed by atoms with Gasteiger partial charge in [-0.3, -0.25) is 10.8 Å². The predicted molar refractivity (Wildman–Crippen MR) is 95.3 cm³/mol. The molecule has 0 spiro atoms. The van der Waals surface area contributed by atoms with Crippen LogP contribution in [-0.2, 0) is 0 Å². The molecule has 0 aromatic carbocycles. The number of nitrogens with one attached hydrogen (secondary N) is 1. The third-order valence-electron chi connectivity index (χ3n) is 5.35. The van der Waals surface area contributed by atoms with Gasteiger partial charge >= 0.3 is 6.03 Å². The number of amides is 2. The standard InChI is InChI=1S/C18H29N5O/c19-23(14-15-4-2-1-3-5-15)17-8-12-22(13-9-17)18(24)21-16-6-10-20-11-7-16/h6-7,10-11,15,17H,1-5,8-9,12-14,19H2,(H,20,21,24). The van der Waals surface area contributed by atoms with Gasteiger partial charge < -0.3 is 10.2 Å². The fourth-order valence-electron chi connectivity index (χ4n) is 3.86. The highest BCUT2D eigenvalue weighted by Gasteiger charge is 2.27. The third kappa shape index (κ3) is 4.68. The fraction of sp³-hybridized carbons (Fsp3) is 0.667. The minimum absolute atomic E-state index is 0.0319. The lowest BCUT2D eigenvalue weighted by atomic mass is 9.88. The Labute approximate surface area is 144 Å². The minimum atomic E-state index is -0.0319. The molecule has 1 aromatic rings. The SMILES string of the molecule is NN(CC1CCCCC1)C1CCN(C(=O)Nc2ccncc2)CC1. The number of hydrazine groups is 1. The number of pyridine rings is 1. The zero-order valence-electron chi connectivity index (χ0n) is 14.4. The van der Waals surface area contributed by atoms with Crippen LogP contribution in [0.5, 0.6) is 0 Å². The Hall–Kier alpha value is -1.66. The van der Waals surface area contributed by atoms with Crippen LogP contribution in [-0.4, -0.2) is 46.6 Å².